The van der Waals surface area contributed by atoms with Crippen LogP contribution in [-0.4, -0.2) is 66.4 Å². The molecule has 6 rings (SSSR count). The van der Waals surface area contributed by atoms with Crippen molar-refractivity contribution in [3.8, 4) is 22.7 Å². The number of phenols is 1. The molecule has 1 saturated heterocycles. The summed E-state index contributed by atoms with van der Waals surface area (Å²) in [4.78, 5) is 45.3. The highest BCUT2D eigenvalue weighted by molar-refractivity contribution is 7.99. The number of amides is 1. The lowest BCUT2D eigenvalue weighted by atomic mass is 10.0. The van der Waals surface area contributed by atoms with Crippen molar-refractivity contribution in [3.63, 3.8) is 0 Å². The first-order valence-electron chi connectivity index (χ1n) is 14.0. The Kier molecular flexibility index (Phi) is 7.42. The van der Waals surface area contributed by atoms with Gasteiger partial charge in [0, 0.05) is 36.0 Å². The van der Waals surface area contributed by atoms with E-state index in [4.69, 9.17) is 16.6 Å². The molecule has 1 amide bonds. The molecule has 1 N–H and O–H groups in total. The topological polar surface area (TPSA) is 104 Å². The average Bonchev–Trinajstić information content (AvgIpc) is 3.12. The van der Waals surface area contributed by atoms with Crippen LogP contribution in [0.3, 0.4) is 0 Å². The molecule has 3 aromatic heterocycles. The molecule has 9 nitrogen and oxygen atoms in total. The number of aromatic hydroxyl groups is 1. The van der Waals surface area contributed by atoms with E-state index in [1.165, 1.54) is 40.6 Å². The van der Waals surface area contributed by atoms with Crippen molar-refractivity contribution in [1.82, 2.24) is 24.4 Å². The van der Waals surface area contributed by atoms with Crippen LogP contribution >= 0.6 is 23.4 Å². The molecule has 4 aromatic rings. The summed E-state index contributed by atoms with van der Waals surface area (Å²) in [5.74, 6) is -0.323. The molecule has 222 valence electrons. The molecular weight excluding hydrogens is 591 g/mol. The van der Waals surface area contributed by atoms with Gasteiger partial charge in [0.05, 0.1) is 39.1 Å². The molecule has 2 atom stereocenters. The van der Waals surface area contributed by atoms with E-state index in [0.717, 1.165) is 5.56 Å². The fourth-order valence-corrected chi connectivity index (χ4v) is 7.56. The van der Waals surface area contributed by atoms with Gasteiger partial charge in [-0.1, -0.05) is 38.1 Å². The van der Waals surface area contributed by atoms with Crippen LogP contribution in [0.15, 0.2) is 52.8 Å². The number of nitrogens with zero attached hydrogens (tertiary/aromatic N) is 6. The number of carbonyl (C=O) groups excluding carboxylic acids is 1. The molecule has 2 aliphatic rings. The molecule has 0 spiro atoms. The second-order valence-corrected chi connectivity index (χ2v) is 12.6. The minimum Gasteiger partial charge on any atom is -0.507 e. The highest BCUT2D eigenvalue weighted by Crippen LogP contribution is 2.48. The van der Waals surface area contributed by atoms with Crippen LogP contribution in [0.2, 0.25) is 5.02 Å². The van der Waals surface area contributed by atoms with Gasteiger partial charge >= 0.3 is 5.69 Å². The number of phenolic OH excluding ortho intramolecular Hbond substituents is 1. The molecule has 0 radical (unpaired) electrons. The molecule has 2 unspecified atom stereocenters. The Morgan fingerprint density at radius 3 is 2.72 bits per heavy atom. The maximum absolute atomic E-state index is 15.3. The van der Waals surface area contributed by atoms with E-state index in [1.54, 1.807) is 11.1 Å². The van der Waals surface area contributed by atoms with E-state index in [1.807, 2.05) is 38.7 Å². The number of hydrogen-bond donors (Lipinski definition) is 1. The highest BCUT2D eigenvalue weighted by Gasteiger charge is 2.39. The van der Waals surface area contributed by atoms with Crippen LogP contribution in [0.25, 0.3) is 28.0 Å². The van der Waals surface area contributed by atoms with Crippen LogP contribution in [0, 0.1) is 12.7 Å². The van der Waals surface area contributed by atoms with E-state index in [2.05, 4.69) is 16.5 Å². The summed E-state index contributed by atoms with van der Waals surface area (Å²) in [6.45, 7) is 12.3. The molecule has 43 heavy (non-hydrogen) atoms. The van der Waals surface area contributed by atoms with E-state index < -0.39 is 11.5 Å². The lowest BCUT2D eigenvalue weighted by molar-refractivity contribution is -0.128. The number of rotatable bonds is 4. The monoisotopic (exact) mass is 620 g/mol. The SMILES string of the molecule is C=CC(=O)N1CC2CSc3c(Cl)c(-c4c(O)cccc4F)nc4c3c(nc(=O)n4-c3c(C)ccnc3C(C)C)N2CC1C. The van der Waals surface area contributed by atoms with Crippen LogP contribution in [-0.2, 0) is 4.79 Å². The van der Waals surface area contributed by atoms with E-state index in [0.29, 0.717) is 46.3 Å². The molecule has 0 aliphatic carbocycles. The summed E-state index contributed by atoms with van der Waals surface area (Å²) >= 11 is 8.47. The predicted molar refractivity (Wildman–Crippen MR) is 167 cm³/mol. The Hall–Kier alpha value is -3.96. The Balaban J connectivity index is 1.72. The fraction of sp³-hybridized carbons (Fsp3) is 0.323. The van der Waals surface area contributed by atoms with Crippen molar-refractivity contribution in [1.29, 1.82) is 0 Å². The number of fused-ring (bicyclic) bond motifs is 2. The summed E-state index contributed by atoms with van der Waals surface area (Å²) in [6, 6.07) is 5.42. The maximum Gasteiger partial charge on any atom is 0.355 e. The Morgan fingerprint density at radius 2 is 2.02 bits per heavy atom. The van der Waals surface area contributed by atoms with Gasteiger partial charge in [-0.15, -0.1) is 11.8 Å². The van der Waals surface area contributed by atoms with Gasteiger partial charge in [0.15, 0.2) is 5.65 Å². The third-order valence-corrected chi connectivity index (χ3v) is 9.78. The second kappa shape index (κ2) is 10.9. The Labute approximate surface area is 257 Å². The third kappa shape index (κ3) is 4.65. The zero-order valence-corrected chi connectivity index (χ0v) is 25.7. The predicted octanol–water partition coefficient (Wildman–Crippen LogP) is 5.47. The number of benzene rings is 1. The Morgan fingerprint density at radius 1 is 1.26 bits per heavy atom. The van der Waals surface area contributed by atoms with E-state index in [-0.39, 0.29) is 51.6 Å². The van der Waals surface area contributed by atoms with Gasteiger partial charge < -0.3 is 14.9 Å². The largest absolute Gasteiger partial charge is 0.507 e. The number of pyridine rings is 2. The summed E-state index contributed by atoms with van der Waals surface area (Å²) < 4.78 is 16.7. The first-order chi connectivity index (χ1) is 20.5. The lowest BCUT2D eigenvalue weighted by Crippen LogP contribution is -2.60. The number of aromatic nitrogens is 4. The van der Waals surface area contributed by atoms with Crippen molar-refractivity contribution < 1.29 is 14.3 Å². The van der Waals surface area contributed by atoms with E-state index >= 15 is 4.39 Å². The van der Waals surface area contributed by atoms with Gasteiger partial charge in [0.25, 0.3) is 0 Å². The number of hydrogen-bond acceptors (Lipinski definition) is 8. The minimum absolute atomic E-state index is 0.0157. The van der Waals surface area contributed by atoms with Crippen molar-refractivity contribution in [2.75, 3.05) is 23.7 Å². The number of halogens is 2. The first-order valence-corrected chi connectivity index (χ1v) is 15.3. The zero-order chi connectivity index (χ0) is 30.7. The molecule has 0 bridgehead atoms. The number of anilines is 1. The van der Waals surface area contributed by atoms with Crippen LogP contribution in [0.4, 0.5) is 10.2 Å². The number of thioether (sulfide) groups is 1. The van der Waals surface area contributed by atoms with Gasteiger partial charge in [-0.3, -0.25) is 9.78 Å². The summed E-state index contributed by atoms with van der Waals surface area (Å²) in [6.07, 6.45) is 3.00. The third-order valence-electron chi connectivity index (χ3n) is 8.05. The summed E-state index contributed by atoms with van der Waals surface area (Å²) in [5.41, 5.74) is 1.53. The molecule has 12 heteroatoms. The standard InChI is InChI=1S/C31H30ClFN6O3S/c1-6-21(41)37-13-18-14-43-28-23-29(38(18)12-17(37)5)36-31(42)39(27-16(4)10-11-34-25(27)15(2)3)30(23)35-26(24(28)32)22-19(33)8-7-9-20(22)40/h6-11,15,17-18,40H,1,12-14H2,2-5H3. The van der Waals surface area contributed by atoms with E-state index in [9.17, 15) is 14.7 Å². The number of piperazine rings is 1. The van der Waals surface area contributed by atoms with Gasteiger partial charge in [-0.05, 0) is 49.6 Å². The van der Waals surface area contributed by atoms with Crippen molar-refractivity contribution >= 4 is 46.1 Å². The maximum atomic E-state index is 15.3. The molecule has 2 aliphatic heterocycles. The first kappa shape index (κ1) is 29.1. The van der Waals surface area contributed by atoms with Crippen LogP contribution < -0.4 is 10.6 Å². The van der Waals surface area contributed by atoms with Crippen molar-refractivity contribution in [3.05, 3.63) is 75.7 Å². The summed E-state index contributed by atoms with van der Waals surface area (Å²) in [7, 11) is 0. The average molecular weight is 621 g/mol. The highest BCUT2D eigenvalue weighted by atomic mass is 35.5. The van der Waals surface area contributed by atoms with Gasteiger partial charge in [0.2, 0.25) is 5.91 Å². The van der Waals surface area contributed by atoms with Gasteiger partial charge in [-0.25, -0.2) is 18.7 Å². The number of carbonyl (C=O) groups is 1. The molecule has 0 saturated carbocycles. The molecular formula is C31H30ClFN6O3S. The van der Waals surface area contributed by atoms with Gasteiger partial charge in [0.1, 0.15) is 17.4 Å². The second-order valence-electron chi connectivity index (χ2n) is 11.2. The molecule has 1 fully saturated rings. The zero-order valence-electron chi connectivity index (χ0n) is 24.1. The fourth-order valence-electron chi connectivity index (χ4n) is 5.97. The van der Waals surface area contributed by atoms with Crippen molar-refractivity contribution in [2.45, 2.75) is 50.6 Å². The number of aryl methyl sites for hydroxylation is 1. The molecule has 1 aromatic carbocycles. The Bertz CT molecular complexity index is 1860. The minimum atomic E-state index is -0.701. The summed E-state index contributed by atoms with van der Waals surface area (Å²) in [5, 5.41) is 11.4. The van der Waals surface area contributed by atoms with Gasteiger partial charge in [-0.2, -0.15) is 4.98 Å². The van der Waals surface area contributed by atoms with Crippen LogP contribution in [0.1, 0.15) is 37.9 Å². The lowest BCUT2D eigenvalue weighted by Gasteiger charge is -2.45. The smallest absolute Gasteiger partial charge is 0.355 e. The van der Waals surface area contributed by atoms with Crippen molar-refractivity contribution in [2.24, 2.45) is 0 Å². The molecule has 5 heterocycles. The quantitative estimate of drug-likeness (QED) is 0.300. The normalized spacial score (nSPS) is 18.1. The van der Waals surface area contributed by atoms with Crippen LogP contribution in [0.5, 0.6) is 5.75 Å².